The molecular weight excluding hydrogens is 162 g/mol. The Morgan fingerprint density at radius 2 is 2.00 bits per heavy atom. The standard InChI is InChI=1S/C11H7NO/c1-2-9(8-12)7-10-3-5-11(13)6-4-10/h1,3-7,13H/b9-7-. The zero-order chi connectivity index (χ0) is 9.68. The first-order valence-corrected chi connectivity index (χ1v) is 3.63. The average molecular weight is 169 g/mol. The van der Waals surface area contributed by atoms with E-state index in [1.807, 2.05) is 6.07 Å². The van der Waals surface area contributed by atoms with Gasteiger partial charge in [0.15, 0.2) is 0 Å². The summed E-state index contributed by atoms with van der Waals surface area (Å²) in [6.07, 6.45) is 6.65. The van der Waals surface area contributed by atoms with Crippen molar-refractivity contribution in [2.24, 2.45) is 0 Å². The van der Waals surface area contributed by atoms with E-state index in [1.54, 1.807) is 18.2 Å². The summed E-state index contributed by atoms with van der Waals surface area (Å²) < 4.78 is 0. The topological polar surface area (TPSA) is 44.0 Å². The number of hydrogen-bond acceptors (Lipinski definition) is 2. The summed E-state index contributed by atoms with van der Waals surface area (Å²) in [5, 5.41) is 17.5. The number of terminal acetylenes is 1. The van der Waals surface area contributed by atoms with Gasteiger partial charge in [0.25, 0.3) is 0 Å². The molecule has 0 unspecified atom stereocenters. The van der Waals surface area contributed by atoms with Crippen LogP contribution in [0.2, 0.25) is 0 Å². The molecule has 0 amide bonds. The zero-order valence-electron chi connectivity index (χ0n) is 6.86. The van der Waals surface area contributed by atoms with Gasteiger partial charge in [-0.3, -0.25) is 0 Å². The van der Waals surface area contributed by atoms with Gasteiger partial charge < -0.3 is 5.11 Å². The number of nitrogens with zero attached hydrogens (tertiary/aromatic N) is 1. The van der Waals surface area contributed by atoms with Crippen LogP contribution in [0.5, 0.6) is 5.75 Å². The molecule has 0 aliphatic heterocycles. The third kappa shape index (κ3) is 2.39. The van der Waals surface area contributed by atoms with Gasteiger partial charge in [-0.15, -0.1) is 6.42 Å². The van der Waals surface area contributed by atoms with E-state index in [2.05, 4.69) is 5.92 Å². The molecule has 0 heterocycles. The molecule has 0 aromatic heterocycles. The smallest absolute Gasteiger partial charge is 0.115 e. The molecule has 0 saturated carbocycles. The SMILES string of the molecule is C#C/C(C#N)=C/c1ccc(O)cc1. The van der Waals surface area contributed by atoms with Crippen molar-refractivity contribution in [3.05, 3.63) is 35.4 Å². The van der Waals surface area contributed by atoms with Crippen molar-refractivity contribution in [3.8, 4) is 24.2 Å². The highest BCUT2D eigenvalue weighted by molar-refractivity contribution is 5.63. The summed E-state index contributed by atoms with van der Waals surface area (Å²) in [6.45, 7) is 0. The summed E-state index contributed by atoms with van der Waals surface area (Å²) in [6, 6.07) is 8.32. The maximum absolute atomic E-state index is 8.98. The van der Waals surface area contributed by atoms with Crippen LogP contribution in [0.15, 0.2) is 29.8 Å². The minimum Gasteiger partial charge on any atom is -0.508 e. The van der Waals surface area contributed by atoms with Gasteiger partial charge in [0.05, 0.1) is 0 Å². The fourth-order valence-corrected chi connectivity index (χ4v) is 0.843. The lowest BCUT2D eigenvalue weighted by atomic mass is 10.1. The minimum atomic E-state index is 0.191. The van der Waals surface area contributed by atoms with Crippen molar-refractivity contribution in [1.29, 1.82) is 5.26 Å². The largest absolute Gasteiger partial charge is 0.508 e. The highest BCUT2D eigenvalue weighted by atomic mass is 16.3. The molecule has 1 aromatic carbocycles. The lowest BCUT2D eigenvalue weighted by Gasteiger charge is -1.93. The van der Waals surface area contributed by atoms with E-state index in [9.17, 15) is 0 Å². The molecule has 13 heavy (non-hydrogen) atoms. The van der Waals surface area contributed by atoms with Crippen molar-refractivity contribution >= 4 is 6.08 Å². The molecule has 0 atom stereocenters. The molecule has 1 aromatic rings. The quantitative estimate of drug-likeness (QED) is 0.515. The number of phenols is 1. The van der Waals surface area contributed by atoms with Gasteiger partial charge >= 0.3 is 0 Å². The van der Waals surface area contributed by atoms with Crippen LogP contribution in [0.3, 0.4) is 0 Å². The molecule has 1 rings (SSSR count). The Morgan fingerprint density at radius 1 is 1.38 bits per heavy atom. The molecule has 0 aliphatic rings. The highest BCUT2D eigenvalue weighted by Gasteiger charge is 1.91. The van der Waals surface area contributed by atoms with Gasteiger partial charge in [-0.05, 0) is 23.8 Å². The van der Waals surface area contributed by atoms with Crippen LogP contribution >= 0.6 is 0 Å². The summed E-state index contributed by atoms with van der Waals surface area (Å²) >= 11 is 0. The summed E-state index contributed by atoms with van der Waals surface area (Å²) in [7, 11) is 0. The Hall–Kier alpha value is -2.19. The third-order valence-electron chi connectivity index (χ3n) is 1.48. The monoisotopic (exact) mass is 169 g/mol. The fourth-order valence-electron chi connectivity index (χ4n) is 0.843. The second-order valence-corrected chi connectivity index (χ2v) is 2.41. The van der Waals surface area contributed by atoms with E-state index in [0.29, 0.717) is 0 Å². The molecule has 0 radical (unpaired) electrons. The van der Waals surface area contributed by atoms with E-state index in [4.69, 9.17) is 16.8 Å². The van der Waals surface area contributed by atoms with Gasteiger partial charge in [-0.1, -0.05) is 18.1 Å². The predicted octanol–water partition coefficient (Wildman–Crippen LogP) is 1.93. The first kappa shape index (κ1) is 8.90. The van der Waals surface area contributed by atoms with Crippen LogP contribution in [0.25, 0.3) is 6.08 Å². The molecule has 0 fully saturated rings. The number of aromatic hydroxyl groups is 1. The van der Waals surface area contributed by atoms with Crippen LogP contribution < -0.4 is 0 Å². The van der Waals surface area contributed by atoms with E-state index in [1.165, 1.54) is 12.1 Å². The Bertz CT molecular complexity index is 385. The number of hydrogen-bond donors (Lipinski definition) is 1. The lowest BCUT2D eigenvalue weighted by Crippen LogP contribution is -1.74. The van der Waals surface area contributed by atoms with Crippen molar-refractivity contribution in [2.45, 2.75) is 0 Å². The number of allylic oxidation sites excluding steroid dienone is 1. The van der Waals surface area contributed by atoms with Gasteiger partial charge in [0.2, 0.25) is 0 Å². The van der Waals surface area contributed by atoms with Crippen LogP contribution in [0.4, 0.5) is 0 Å². The Morgan fingerprint density at radius 3 is 2.46 bits per heavy atom. The molecule has 2 heteroatoms. The average Bonchev–Trinajstić information content (AvgIpc) is 2.17. The van der Waals surface area contributed by atoms with Crippen LogP contribution in [-0.2, 0) is 0 Å². The van der Waals surface area contributed by atoms with E-state index < -0.39 is 0 Å². The van der Waals surface area contributed by atoms with Crippen LogP contribution in [0.1, 0.15) is 5.56 Å². The van der Waals surface area contributed by atoms with E-state index in [0.717, 1.165) is 5.56 Å². The molecule has 0 bridgehead atoms. The van der Waals surface area contributed by atoms with Crippen molar-refractivity contribution in [3.63, 3.8) is 0 Å². The number of benzene rings is 1. The maximum Gasteiger partial charge on any atom is 0.115 e. The van der Waals surface area contributed by atoms with Crippen molar-refractivity contribution in [1.82, 2.24) is 0 Å². The fraction of sp³-hybridized carbons (Fsp3) is 0. The van der Waals surface area contributed by atoms with E-state index >= 15 is 0 Å². The summed E-state index contributed by atoms with van der Waals surface area (Å²) in [5.74, 6) is 2.44. The molecule has 0 aliphatic carbocycles. The molecule has 0 saturated heterocycles. The predicted molar refractivity (Wildman–Crippen MR) is 50.5 cm³/mol. The van der Waals surface area contributed by atoms with Gasteiger partial charge in [0, 0.05) is 0 Å². The first-order chi connectivity index (χ1) is 6.26. The Balaban J connectivity index is 3.00. The number of nitriles is 1. The summed E-state index contributed by atoms with van der Waals surface area (Å²) in [5.41, 5.74) is 1.07. The lowest BCUT2D eigenvalue weighted by molar-refractivity contribution is 0.475. The van der Waals surface area contributed by atoms with Gasteiger partial charge in [0.1, 0.15) is 17.4 Å². The zero-order valence-corrected chi connectivity index (χ0v) is 6.86. The number of rotatable bonds is 1. The first-order valence-electron chi connectivity index (χ1n) is 3.63. The second-order valence-electron chi connectivity index (χ2n) is 2.41. The van der Waals surface area contributed by atoms with Gasteiger partial charge in [-0.25, -0.2) is 0 Å². The minimum absolute atomic E-state index is 0.191. The highest BCUT2D eigenvalue weighted by Crippen LogP contribution is 2.12. The molecule has 2 nitrogen and oxygen atoms in total. The van der Waals surface area contributed by atoms with Crippen LogP contribution in [-0.4, -0.2) is 5.11 Å². The van der Waals surface area contributed by atoms with Crippen molar-refractivity contribution < 1.29 is 5.11 Å². The Kier molecular flexibility index (Phi) is 2.73. The Labute approximate surface area is 76.8 Å². The molecule has 0 spiro atoms. The van der Waals surface area contributed by atoms with Gasteiger partial charge in [-0.2, -0.15) is 5.26 Å². The second kappa shape index (κ2) is 3.99. The van der Waals surface area contributed by atoms with Crippen LogP contribution in [0, 0.1) is 23.7 Å². The normalized spacial score (nSPS) is 10.2. The summed E-state index contributed by atoms with van der Waals surface area (Å²) in [4.78, 5) is 0. The molecular formula is C11H7NO. The molecule has 1 N–H and O–H groups in total. The third-order valence-corrected chi connectivity index (χ3v) is 1.48. The van der Waals surface area contributed by atoms with E-state index in [-0.39, 0.29) is 11.3 Å². The molecule has 62 valence electrons. The number of phenolic OH excluding ortho intramolecular Hbond substituents is 1. The maximum atomic E-state index is 8.98. The van der Waals surface area contributed by atoms with Crippen molar-refractivity contribution in [2.75, 3.05) is 0 Å².